The van der Waals surface area contributed by atoms with Crippen LogP contribution in [0.4, 0.5) is 0 Å². The first-order valence-corrected chi connectivity index (χ1v) is 10.3. The topological polar surface area (TPSA) is 55.6 Å². The molecule has 0 spiro atoms. The van der Waals surface area contributed by atoms with E-state index >= 15 is 0 Å². The number of ether oxygens (including phenoxy) is 1. The third-order valence-electron chi connectivity index (χ3n) is 4.61. The van der Waals surface area contributed by atoms with Crippen LogP contribution in [0.1, 0.15) is 32.8 Å². The molecule has 2 aromatic carbocycles. The molecule has 0 atom stereocenters. The van der Waals surface area contributed by atoms with Gasteiger partial charge >= 0.3 is 0 Å². The Morgan fingerprint density at radius 2 is 1.86 bits per heavy atom. The molecule has 0 saturated heterocycles. The average molecular weight is 395 g/mol. The second kappa shape index (κ2) is 10.1. The lowest BCUT2D eigenvalue weighted by Crippen LogP contribution is -2.32. The monoisotopic (exact) mass is 394 g/mol. The molecule has 3 rings (SSSR count). The van der Waals surface area contributed by atoms with Crippen molar-refractivity contribution in [1.82, 2.24) is 4.90 Å². The van der Waals surface area contributed by atoms with Crippen LogP contribution in [0.5, 0.6) is 5.75 Å². The fourth-order valence-corrected chi connectivity index (χ4v) is 3.71. The lowest BCUT2D eigenvalue weighted by atomic mass is 10.1. The van der Waals surface area contributed by atoms with Crippen molar-refractivity contribution in [2.24, 2.45) is 5.73 Å². The molecule has 0 bridgehead atoms. The van der Waals surface area contributed by atoms with Crippen molar-refractivity contribution >= 4 is 17.2 Å². The molecule has 0 unspecified atom stereocenters. The highest BCUT2D eigenvalue weighted by molar-refractivity contribution is 7.09. The summed E-state index contributed by atoms with van der Waals surface area (Å²) in [6.07, 6.45) is 0.767. The highest BCUT2D eigenvalue weighted by Gasteiger charge is 2.20. The fourth-order valence-electron chi connectivity index (χ4n) is 2.99. The van der Waals surface area contributed by atoms with Crippen molar-refractivity contribution in [3.63, 3.8) is 0 Å². The summed E-state index contributed by atoms with van der Waals surface area (Å²) in [5.41, 5.74) is 8.56. The van der Waals surface area contributed by atoms with Crippen molar-refractivity contribution in [3.8, 4) is 5.75 Å². The Labute approximate surface area is 170 Å². The van der Waals surface area contributed by atoms with Crippen molar-refractivity contribution in [3.05, 3.63) is 87.6 Å². The largest absolute Gasteiger partial charge is 0.488 e. The minimum atomic E-state index is -0.0257. The third kappa shape index (κ3) is 5.21. The summed E-state index contributed by atoms with van der Waals surface area (Å²) in [6, 6.07) is 19.6. The Morgan fingerprint density at radius 1 is 1.07 bits per heavy atom. The zero-order chi connectivity index (χ0) is 19.8. The number of hydrogen-bond acceptors (Lipinski definition) is 4. The molecule has 2 N–H and O–H groups in total. The zero-order valence-electron chi connectivity index (χ0n) is 16.1. The minimum absolute atomic E-state index is 0.0257. The quantitative estimate of drug-likeness (QED) is 0.576. The van der Waals surface area contributed by atoms with Crippen LogP contribution in [-0.4, -0.2) is 23.9 Å². The van der Waals surface area contributed by atoms with Crippen LogP contribution in [0.3, 0.4) is 0 Å². The summed E-state index contributed by atoms with van der Waals surface area (Å²) in [5, 5.41) is 2.03. The Balaban J connectivity index is 1.78. The lowest BCUT2D eigenvalue weighted by molar-refractivity contribution is 0.0739. The SMILES string of the molecule is Cc1ccccc1COc1ccccc1C(=O)N(CCCN)Cc1cccs1. The van der Waals surface area contributed by atoms with Gasteiger partial charge in [0.05, 0.1) is 12.1 Å². The Bertz CT molecular complexity index is 893. The Kier molecular flexibility index (Phi) is 7.23. The second-order valence-corrected chi connectivity index (χ2v) is 7.69. The number of carbonyl (C=O) groups excluding carboxylic acids is 1. The number of benzene rings is 2. The Hall–Kier alpha value is -2.63. The van der Waals surface area contributed by atoms with Crippen LogP contribution >= 0.6 is 11.3 Å². The fraction of sp³-hybridized carbons (Fsp3) is 0.261. The molecular weight excluding hydrogens is 368 g/mol. The number of thiophene rings is 1. The molecule has 5 heteroatoms. The van der Waals surface area contributed by atoms with Crippen LogP contribution in [-0.2, 0) is 13.2 Å². The highest BCUT2D eigenvalue weighted by atomic mass is 32.1. The number of para-hydroxylation sites is 1. The van der Waals surface area contributed by atoms with Gasteiger partial charge in [-0.15, -0.1) is 11.3 Å². The van der Waals surface area contributed by atoms with E-state index in [4.69, 9.17) is 10.5 Å². The number of nitrogens with zero attached hydrogens (tertiary/aromatic N) is 1. The predicted octanol–water partition coefficient (Wildman–Crippen LogP) is 4.63. The molecule has 0 fully saturated rings. The maximum absolute atomic E-state index is 13.3. The van der Waals surface area contributed by atoms with Gasteiger partial charge in [-0.05, 0) is 54.6 Å². The third-order valence-corrected chi connectivity index (χ3v) is 5.47. The number of carbonyl (C=O) groups is 1. The normalized spacial score (nSPS) is 10.6. The van der Waals surface area contributed by atoms with Gasteiger partial charge < -0.3 is 15.4 Å². The molecule has 3 aromatic rings. The van der Waals surface area contributed by atoms with E-state index in [1.807, 2.05) is 64.9 Å². The van der Waals surface area contributed by atoms with Gasteiger partial charge in [0.15, 0.2) is 0 Å². The predicted molar refractivity (Wildman–Crippen MR) is 115 cm³/mol. The van der Waals surface area contributed by atoms with Gasteiger partial charge in [0.25, 0.3) is 5.91 Å². The van der Waals surface area contributed by atoms with Gasteiger partial charge in [-0.2, -0.15) is 0 Å². The summed E-state index contributed by atoms with van der Waals surface area (Å²) < 4.78 is 6.05. The summed E-state index contributed by atoms with van der Waals surface area (Å²) in [4.78, 5) is 16.3. The van der Waals surface area contributed by atoms with Crippen LogP contribution < -0.4 is 10.5 Å². The lowest BCUT2D eigenvalue weighted by Gasteiger charge is -2.23. The van der Waals surface area contributed by atoms with Crippen molar-refractivity contribution in [2.75, 3.05) is 13.1 Å². The minimum Gasteiger partial charge on any atom is -0.488 e. The van der Waals surface area contributed by atoms with Gasteiger partial charge in [0, 0.05) is 11.4 Å². The molecule has 1 heterocycles. The van der Waals surface area contributed by atoms with Gasteiger partial charge in [-0.1, -0.05) is 42.5 Å². The maximum atomic E-state index is 13.3. The van der Waals surface area contributed by atoms with Gasteiger partial charge in [-0.3, -0.25) is 4.79 Å². The summed E-state index contributed by atoms with van der Waals surface area (Å²) in [7, 11) is 0. The number of nitrogens with two attached hydrogens (primary N) is 1. The molecule has 0 aliphatic rings. The number of rotatable bonds is 9. The average Bonchev–Trinajstić information content (AvgIpc) is 3.23. The van der Waals surface area contributed by atoms with Gasteiger partial charge in [-0.25, -0.2) is 0 Å². The first kappa shape index (κ1) is 20.1. The van der Waals surface area contributed by atoms with Crippen molar-refractivity contribution in [1.29, 1.82) is 0 Å². The van der Waals surface area contributed by atoms with E-state index in [9.17, 15) is 4.79 Å². The van der Waals surface area contributed by atoms with E-state index in [0.29, 0.717) is 37.6 Å². The molecule has 4 nitrogen and oxygen atoms in total. The smallest absolute Gasteiger partial charge is 0.257 e. The standard InChI is InChI=1S/C23H26N2O2S/c1-18-8-2-3-9-19(18)17-27-22-12-5-4-11-21(22)23(26)25(14-7-13-24)16-20-10-6-15-28-20/h2-6,8-12,15H,7,13-14,16-17,24H2,1H3. The molecule has 1 amide bonds. The van der Waals surface area contributed by atoms with E-state index < -0.39 is 0 Å². The molecule has 0 saturated carbocycles. The van der Waals surface area contributed by atoms with E-state index in [2.05, 4.69) is 13.0 Å². The van der Waals surface area contributed by atoms with Crippen LogP contribution in [0.2, 0.25) is 0 Å². The molecule has 28 heavy (non-hydrogen) atoms. The van der Waals surface area contributed by atoms with Gasteiger partial charge in [0.1, 0.15) is 12.4 Å². The number of hydrogen-bond donors (Lipinski definition) is 1. The van der Waals surface area contributed by atoms with Crippen LogP contribution in [0, 0.1) is 6.92 Å². The highest BCUT2D eigenvalue weighted by Crippen LogP contribution is 2.23. The Morgan fingerprint density at radius 3 is 2.61 bits per heavy atom. The molecule has 0 aliphatic carbocycles. The maximum Gasteiger partial charge on any atom is 0.257 e. The molecule has 146 valence electrons. The first-order chi connectivity index (χ1) is 13.7. The first-order valence-electron chi connectivity index (χ1n) is 9.47. The van der Waals surface area contributed by atoms with Crippen molar-refractivity contribution < 1.29 is 9.53 Å². The summed E-state index contributed by atoms with van der Waals surface area (Å²) in [6.45, 7) is 4.26. The van der Waals surface area contributed by atoms with E-state index in [0.717, 1.165) is 16.9 Å². The molecule has 1 aromatic heterocycles. The van der Waals surface area contributed by atoms with Crippen LogP contribution in [0.15, 0.2) is 66.0 Å². The van der Waals surface area contributed by atoms with Gasteiger partial charge in [0.2, 0.25) is 0 Å². The van der Waals surface area contributed by atoms with E-state index in [1.54, 1.807) is 11.3 Å². The van der Waals surface area contributed by atoms with E-state index in [-0.39, 0.29) is 5.91 Å². The molecule has 0 radical (unpaired) electrons. The molecular formula is C23H26N2O2S. The zero-order valence-corrected chi connectivity index (χ0v) is 17.0. The molecule has 0 aliphatic heterocycles. The summed E-state index contributed by atoms with van der Waals surface area (Å²) >= 11 is 1.65. The van der Waals surface area contributed by atoms with Crippen molar-refractivity contribution in [2.45, 2.75) is 26.5 Å². The van der Waals surface area contributed by atoms with Crippen LogP contribution in [0.25, 0.3) is 0 Å². The second-order valence-electron chi connectivity index (χ2n) is 6.66. The number of amides is 1. The number of aryl methyl sites for hydroxylation is 1. The summed E-state index contributed by atoms with van der Waals surface area (Å²) in [5.74, 6) is 0.585. The van der Waals surface area contributed by atoms with E-state index in [1.165, 1.54) is 5.56 Å².